The summed E-state index contributed by atoms with van der Waals surface area (Å²) >= 11 is 17.5. The van der Waals surface area contributed by atoms with Crippen LogP contribution in [0.25, 0.3) is 0 Å². The first-order valence-electron chi connectivity index (χ1n) is 4.60. The molecule has 0 aliphatic carbocycles. The van der Waals surface area contributed by atoms with Crippen molar-refractivity contribution in [1.29, 1.82) is 0 Å². The highest BCUT2D eigenvalue weighted by Crippen LogP contribution is 2.50. The van der Waals surface area contributed by atoms with Crippen LogP contribution in [0.5, 0.6) is 17.2 Å². The molecule has 1 aromatic carbocycles. The largest absolute Gasteiger partial charge is 0.495 e. The highest BCUT2D eigenvalue weighted by atomic mass is 35.5. The van der Waals surface area contributed by atoms with Gasteiger partial charge in [0, 0.05) is 0 Å². The maximum absolute atomic E-state index is 12.4. The fourth-order valence-electron chi connectivity index (χ4n) is 1.40. The van der Waals surface area contributed by atoms with Gasteiger partial charge in [0.05, 0.1) is 25.7 Å². The van der Waals surface area contributed by atoms with E-state index in [9.17, 15) is 8.78 Å². The summed E-state index contributed by atoms with van der Waals surface area (Å²) in [4.78, 5) is 0. The minimum atomic E-state index is -3.06. The van der Waals surface area contributed by atoms with Crippen molar-refractivity contribution in [2.24, 2.45) is 0 Å². The third kappa shape index (κ3) is 2.84. The second-order valence-electron chi connectivity index (χ2n) is 3.01. The molecule has 0 saturated carbocycles. The van der Waals surface area contributed by atoms with Crippen LogP contribution in [0.15, 0.2) is 0 Å². The molecule has 0 spiro atoms. The van der Waals surface area contributed by atoms with E-state index in [2.05, 4.69) is 4.74 Å². The molecular weight excluding hydrogens is 312 g/mol. The van der Waals surface area contributed by atoms with E-state index in [0.717, 1.165) is 0 Å². The van der Waals surface area contributed by atoms with E-state index in [4.69, 9.17) is 44.3 Å². The Balaban J connectivity index is 3.55. The van der Waals surface area contributed by atoms with E-state index in [1.165, 1.54) is 14.2 Å². The van der Waals surface area contributed by atoms with Gasteiger partial charge in [0.2, 0.25) is 0 Å². The molecule has 18 heavy (non-hydrogen) atoms. The van der Waals surface area contributed by atoms with E-state index in [-0.39, 0.29) is 38.7 Å². The average Bonchev–Trinajstić information content (AvgIpc) is 2.32. The molecule has 1 rings (SSSR count). The standard InChI is InChI=1S/C10H9Cl3F2O3/c1-16-7-4(3-11)8(18-10(14)15)6(13)9(17-2)5(7)12/h10H,3H2,1-2H3. The van der Waals surface area contributed by atoms with Gasteiger partial charge in [-0.2, -0.15) is 8.78 Å². The first-order chi connectivity index (χ1) is 8.47. The number of halogens is 5. The average molecular weight is 322 g/mol. The number of alkyl halides is 3. The molecule has 1 aromatic rings. The van der Waals surface area contributed by atoms with E-state index in [0.29, 0.717) is 0 Å². The summed E-state index contributed by atoms with van der Waals surface area (Å²) in [6.45, 7) is -3.06. The second kappa shape index (κ2) is 6.50. The monoisotopic (exact) mass is 320 g/mol. The lowest BCUT2D eigenvalue weighted by Gasteiger charge is -2.18. The van der Waals surface area contributed by atoms with Crippen molar-refractivity contribution >= 4 is 34.8 Å². The van der Waals surface area contributed by atoms with Gasteiger partial charge in [0.25, 0.3) is 0 Å². The van der Waals surface area contributed by atoms with Crippen LogP contribution in [0.3, 0.4) is 0 Å². The van der Waals surface area contributed by atoms with Crippen molar-refractivity contribution in [3.8, 4) is 17.2 Å². The van der Waals surface area contributed by atoms with Crippen LogP contribution in [-0.4, -0.2) is 20.8 Å². The van der Waals surface area contributed by atoms with Crippen LogP contribution < -0.4 is 14.2 Å². The van der Waals surface area contributed by atoms with Crippen LogP contribution >= 0.6 is 34.8 Å². The van der Waals surface area contributed by atoms with Crippen molar-refractivity contribution in [1.82, 2.24) is 0 Å². The molecule has 0 fully saturated rings. The van der Waals surface area contributed by atoms with Gasteiger partial charge in [-0.1, -0.05) is 23.2 Å². The zero-order valence-corrected chi connectivity index (χ0v) is 11.7. The fraction of sp³-hybridized carbons (Fsp3) is 0.400. The number of methoxy groups -OCH3 is 2. The lowest BCUT2D eigenvalue weighted by Crippen LogP contribution is -2.07. The highest BCUT2D eigenvalue weighted by Gasteiger charge is 2.26. The summed E-state index contributed by atoms with van der Waals surface area (Å²) < 4.78 is 39.0. The van der Waals surface area contributed by atoms with Gasteiger partial charge in [0.1, 0.15) is 15.8 Å². The summed E-state index contributed by atoms with van der Waals surface area (Å²) in [6.07, 6.45) is 0. The lowest BCUT2D eigenvalue weighted by atomic mass is 10.2. The summed E-state index contributed by atoms with van der Waals surface area (Å²) in [5, 5.41) is -0.137. The highest BCUT2D eigenvalue weighted by molar-refractivity contribution is 6.39. The molecule has 0 aliphatic rings. The molecule has 0 saturated heterocycles. The maximum Gasteiger partial charge on any atom is 0.387 e. The molecule has 0 aromatic heterocycles. The Labute approximate surface area is 117 Å². The predicted octanol–water partition coefficient (Wildman–Crippen LogP) is 4.35. The Morgan fingerprint density at radius 3 is 1.89 bits per heavy atom. The number of hydrogen-bond donors (Lipinski definition) is 0. The lowest BCUT2D eigenvalue weighted by molar-refractivity contribution is -0.0504. The second-order valence-corrected chi connectivity index (χ2v) is 4.04. The minimum Gasteiger partial charge on any atom is -0.495 e. The molecular formula is C10H9Cl3F2O3. The van der Waals surface area contributed by atoms with E-state index in [1.54, 1.807) is 0 Å². The molecule has 0 amide bonds. The summed E-state index contributed by atoms with van der Waals surface area (Å²) in [7, 11) is 2.61. The van der Waals surface area contributed by atoms with Gasteiger partial charge >= 0.3 is 6.61 Å². The van der Waals surface area contributed by atoms with Gasteiger partial charge in [0.15, 0.2) is 11.5 Å². The quantitative estimate of drug-likeness (QED) is 0.755. The van der Waals surface area contributed by atoms with Crippen LogP contribution in [0.4, 0.5) is 8.78 Å². The molecule has 0 unspecified atom stereocenters. The van der Waals surface area contributed by atoms with Crippen LogP contribution in [-0.2, 0) is 5.88 Å². The topological polar surface area (TPSA) is 27.7 Å². The Morgan fingerprint density at radius 1 is 1.00 bits per heavy atom. The van der Waals surface area contributed by atoms with Crippen LogP contribution in [0.2, 0.25) is 10.0 Å². The van der Waals surface area contributed by atoms with E-state index < -0.39 is 6.61 Å². The SMILES string of the molecule is COc1c(Cl)c(OC)c(CCl)c(OC(F)F)c1Cl. The zero-order chi connectivity index (χ0) is 13.9. The number of hydrogen-bond acceptors (Lipinski definition) is 3. The first kappa shape index (κ1) is 15.4. The third-order valence-electron chi connectivity index (χ3n) is 2.09. The molecule has 0 bridgehead atoms. The van der Waals surface area contributed by atoms with Crippen molar-refractivity contribution < 1.29 is 23.0 Å². The Bertz CT molecular complexity index is 441. The van der Waals surface area contributed by atoms with Gasteiger partial charge in [-0.25, -0.2) is 0 Å². The van der Waals surface area contributed by atoms with E-state index in [1.807, 2.05) is 0 Å². The zero-order valence-electron chi connectivity index (χ0n) is 9.40. The summed E-state index contributed by atoms with van der Waals surface area (Å²) in [5.41, 5.74) is 0.135. The van der Waals surface area contributed by atoms with Gasteiger partial charge in [-0.3, -0.25) is 0 Å². The molecule has 0 atom stereocenters. The smallest absolute Gasteiger partial charge is 0.387 e. The molecule has 0 aliphatic heterocycles. The molecule has 8 heteroatoms. The molecule has 0 radical (unpaired) electrons. The van der Waals surface area contributed by atoms with Crippen LogP contribution in [0.1, 0.15) is 5.56 Å². The Kier molecular flexibility index (Phi) is 5.56. The maximum atomic E-state index is 12.4. The van der Waals surface area contributed by atoms with Crippen LogP contribution in [0, 0.1) is 0 Å². The van der Waals surface area contributed by atoms with Gasteiger partial charge in [-0.15, -0.1) is 11.6 Å². The predicted molar refractivity (Wildman–Crippen MR) is 65.8 cm³/mol. The first-order valence-corrected chi connectivity index (χ1v) is 5.89. The van der Waals surface area contributed by atoms with Gasteiger partial charge in [-0.05, 0) is 0 Å². The molecule has 0 N–H and O–H groups in total. The number of ether oxygens (including phenoxy) is 3. The van der Waals surface area contributed by atoms with Crippen molar-refractivity contribution in [2.45, 2.75) is 12.5 Å². The summed E-state index contributed by atoms with van der Waals surface area (Å²) in [5.74, 6) is -0.391. The normalized spacial score (nSPS) is 10.7. The fourth-order valence-corrected chi connectivity index (χ4v) is 2.38. The number of rotatable bonds is 5. The van der Waals surface area contributed by atoms with Crippen molar-refractivity contribution in [2.75, 3.05) is 14.2 Å². The number of benzene rings is 1. The third-order valence-corrected chi connectivity index (χ3v) is 3.05. The Morgan fingerprint density at radius 2 is 1.50 bits per heavy atom. The molecule has 0 heterocycles. The molecule has 102 valence electrons. The van der Waals surface area contributed by atoms with Crippen molar-refractivity contribution in [3.63, 3.8) is 0 Å². The van der Waals surface area contributed by atoms with E-state index >= 15 is 0 Å². The Hall–Kier alpha value is -0.650. The molecule has 3 nitrogen and oxygen atoms in total. The van der Waals surface area contributed by atoms with Gasteiger partial charge < -0.3 is 14.2 Å². The van der Waals surface area contributed by atoms with Crippen molar-refractivity contribution in [3.05, 3.63) is 15.6 Å². The summed E-state index contributed by atoms with van der Waals surface area (Å²) in [6, 6.07) is 0. The minimum absolute atomic E-state index is 0.0142.